The Morgan fingerprint density at radius 1 is 0.806 bits per heavy atom. The quantitative estimate of drug-likeness (QED) is 0.400. The molecular weight excluding hydrogens is 442 g/mol. The van der Waals surface area contributed by atoms with Gasteiger partial charge in [0, 0.05) is 19.6 Å². The Morgan fingerprint density at radius 2 is 1.32 bits per heavy atom. The Hall–Kier alpha value is -2.47. The fraction of sp³-hybridized carbons (Fsp3) is 0.350. The zero-order valence-corrected chi connectivity index (χ0v) is 19.1. The van der Waals surface area contributed by atoms with Crippen LogP contribution in [0, 0.1) is 6.92 Å². The fourth-order valence-electron chi connectivity index (χ4n) is 2.42. The number of carbonyl (C=O) groups is 1. The van der Waals surface area contributed by atoms with E-state index in [1.54, 1.807) is 12.1 Å². The van der Waals surface area contributed by atoms with E-state index in [4.69, 9.17) is 4.74 Å². The molecule has 3 N–H and O–H groups in total. The van der Waals surface area contributed by atoms with Crippen molar-refractivity contribution in [1.29, 1.82) is 0 Å². The largest absolute Gasteiger partial charge is 0.484 e. The van der Waals surface area contributed by atoms with Gasteiger partial charge in [-0.25, -0.2) is 26.3 Å². The van der Waals surface area contributed by atoms with Crippen molar-refractivity contribution in [2.75, 3.05) is 26.2 Å². The van der Waals surface area contributed by atoms with Gasteiger partial charge in [0.15, 0.2) is 6.61 Å². The second-order valence-corrected chi connectivity index (χ2v) is 10.3. The molecule has 0 saturated carbocycles. The molecule has 0 aliphatic carbocycles. The topological polar surface area (TPSA) is 131 Å². The van der Waals surface area contributed by atoms with Gasteiger partial charge < -0.3 is 10.1 Å². The molecule has 11 heteroatoms. The Morgan fingerprint density at radius 3 is 1.87 bits per heavy atom. The number of sulfonamides is 2. The predicted octanol–water partition coefficient (Wildman–Crippen LogP) is 1.16. The molecule has 170 valence electrons. The monoisotopic (exact) mass is 469 g/mol. The predicted molar refractivity (Wildman–Crippen MR) is 117 cm³/mol. The van der Waals surface area contributed by atoms with Gasteiger partial charge in [0.1, 0.15) is 5.75 Å². The summed E-state index contributed by atoms with van der Waals surface area (Å²) in [5.41, 5.74) is 0.954. The summed E-state index contributed by atoms with van der Waals surface area (Å²) in [6.07, 6.45) is 0.683. The highest BCUT2D eigenvalue weighted by Crippen LogP contribution is 2.15. The van der Waals surface area contributed by atoms with Crippen molar-refractivity contribution < 1.29 is 26.4 Å². The molecule has 2 rings (SSSR count). The summed E-state index contributed by atoms with van der Waals surface area (Å²) in [4.78, 5) is 12.1. The third-order valence-electron chi connectivity index (χ3n) is 4.12. The number of nitrogens with one attached hydrogen (secondary N) is 3. The smallest absolute Gasteiger partial charge is 0.257 e. The average molecular weight is 470 g/mol. The molecule has 0 atom stereocenters. The van der Waals surface area contributed by atoms with Crippen molar-refractivity contribution in [3.05, 3.63) is 54.1 Å². The molecule has 9 nitrogen and oxygen atoms in total. The molecule has 31 heavy (non-hydrogen) atoms. The highest BCUT2D eigenvalue weighted by atomic mass is 32.2. The van der Waals surface area contributed by atoms with E-state index in [9.17, 15) is 21.6 Å². The third-order valence-corrected chi connectivity index (χ3v) is 7.07. The molecule has 0 saturated heterocycles. The van der Waals surface area contributed by atoms with E-state index in [1.807, 2.05) is 13.8 Å². The Bertz CT molecular complexity index is 1070. The van der Waals surface area contributed by atoms with Crippen molar-refractivity contribution in [3.63, 3.8) is 0 Å². The van der Waals surface area contributed by atoms with Crippen LogP contribution in [0.25, 0.3) is 0 Å². The van der Waals surface area contributed by atoms with Crippen molar-refractivity contribution in [2.24, 2.45) is 0 Å². The molecule has 0 unspecified atom stereocenters. The maximum absolute atomic E-state index is 12.2. The van der Waals surface area contributed by atoms with Crippen LogP contribution in [0.3, 0.4) is 0 Å². The molecule has 0 radical (unpaired) electrons. The number of carbonyl (C=O) groups excluding carboxylic acids is 1. The maximum atomic E-state index is 12.2. The number of hydrogen-bond acceptors (Lipinski definition) is 6. The lowest BCUT2D eigenvalue weighted by Gasteiger charge is -2.10. The van der Waals surface area contributed by atoms with E-state index in [0.717, 1.165) is 5.56 Å². The van der Waals surface area contributed by atoms with Gasteiger partial charge in [0.2, 0.25) is 20.0 Å². The van der Waals surface area contributed by atoms with Crippen LogP contribution in [-0.2, 0) is 24.8 Å². The molecule has 2 aromatic rings. The number of hydrogen-bond donors (Lipinski definition) is 3. The van der Waals surface area contributed by atoms with E-state index in [1.165, 1.54) is 36.4 Å². The molecule has 0 aliphatic heterocycles. The first kappa shape index (κ1) is 24.8. The average Bonchev–Trinajstić information content (AvgIpc) is 2.74. The van der Waals surface area contributed by atoms with Gasteiger partial charge in [-0.1, -0.05) is 24.6 Å². The number of benzene rings is 2. The van der Waals surface area contributed by atoms with Gasteiger partial charge in [0.05, 0.1) is 9.79 Å². The Labute approximate surface area is 183 Å². The standard InChI is InChI=1S/C20H27N3O6S2/c1-3-12-22-30(25,26)19-10-6-17(7-11-19)29-15-20(24)21-13-14-23-31(27,28)18-8-4-16(2)5-9-18/h4-11,22-23H,3,12-15H2,1-2H3,(H,21,24). The summed E-state index contributed by atoms with van der Waals surface area (Å²) >= 11 is 0. The van der Waals surface area contributed by atoms with Crippen molar-refractivity contribution >= 4 is 26.0 Å². The minimum absolute atomic E-state index is 0.0270. The van der Waals surface area contributed by atoms with E-state index < -0.39 is 26.0 Å². The number of ether oxygens (including phenoxy) is 1. The highest BCUT2D eigenvalue weighted by molar-refractivity contribution is 7.89. The lowest BCUT2D eigenvalue weighted by Crippen LogP contribution is -2.36. The summed E-state index contributed by atoms with van der Waals surface area (Å²) < 4.78 is 58.6. The highest BCUT2D eigenvalue weighted by Gasteiger charge is 2.14. The van der Waals surface area contributed by atoms with Crippen LogP contribution in [0.2, 0.25) is 0 Å². The number of amides is 1. The molecule has 0 bridgehead atoms. The van der Waals surface area contributed by atoms with E-state index in [-0.39, 0.29) is 29.5 Å². The first-order valence-electron chi connectivity index (χ1n) is 9.69. The van der Waals surface area contributed by atoms with Crippen molar-refractivity contribution in [1.82, 2.24) is 14.8 Å². The van der Waals surface area contributed by atoms with Gasteiger partial charge in [-0.15, -0.1) is 0 Å². The second kappa shape index (κ2) is 11.2. The van der Waals surface area contributed by atoms with Gasteiger partial charge in [-0.05, 0) is 49.7 Å². The normalized spacial score (nSPS) is 11.8. The SMILES string of the molecule is CCCNS(=O)(=O)c1ccc(OCC(=O)NCCNS(=O)(=O)c2ccc(C)cc2)cc1. The van der Waals surface area contributed by atoms with Gasteiger partial charge >= 0.3 is 0 Å². The maximum Gasteiger partial charge on any atom is 0.257 e. The molecule has 0 aliphatic rings. The lowest BCUT2D eigenvalue weighted by molar-refractivity contribution is -0.123. The molecule has 1 amide bonds. The molecular formula is C20H27N3O6S2. The van der Waals surface area contributed by atoms with Crippen LogP contribution in [0.4, 0.5) is 0 Å². The Balaban J connectivity index is 1.74. The third kappa shape index (κ3) is 7.94. The van der Waals surface area contributed by atoms with Gasteiger partial charge in [0.25, 0.3) is 5.91 Å². The van der Waals surface area contributed by atoms with E-state index in [0.29, 0.717) is 18.7 Å². The van der Waals surface area contributed by atoms with E-state index in [2.05, 4.69) is 14.8 Å². The summed E-state index contributed by atoms with van der Waals surface area (Å²) in [5.74, 6) is -0.0968. The van der Waals surface area contributed by atoms with Crippen molar-refractivity contribution in [2.45, 2.75) is 30.1 Å². The summed E-state index contributed by atoms with van der Waals surface area (Å²) in [7, 11) is -7.20. The first-order valence-corrected chi connectivity index (χ1v) is 12.7. The number of aryl methyl sites for hydroxylation is 1. The zero-order chi connectivity index (χ0) is 22.9. The fourth-order valence-corrected chi connectivity index (χ4v) is 4.59. The lowest BCUT2D eigenvalue weighted by atomic mass is 10.2. The minimum Gasteiger partial charge on any atom is -0.484 e. The zero-order valence-electron chi connectivity index (χ0n) is 17.4. The van der Waals surface area contributed by atoms with Crippen LogP contribution >= 0.6 is 0 Å². The Kier molecular flexibility index (Phi) is 8.99. The second-order valence-electron chi connectivity index (χ2n) is 6.72. The van der Waals surface area contributed by atoms with Crippen LogP contribution in [0.1, 0.15) is 18.9 Å². The molecule has 0 aromatic heterocycles. The summed E-state index contributed by atoms with van der Waals surface area (Å²) in [6.45, 7) is 3.91. The van der Waals surface area contributed by atoms with Crippen LogP contribution < -0.4 is 19.5 Å². The molecule has 2 aromatic carbocycles. The van der Waals surface area contributed by atoms with Crippen LogP contribution in [-0.4, -0.2) is 49.0 Å². The number of rotatable bonds is 12. The summed E-state index contributed by atoms with van der Waals surface area (Å²) in [6, 6.07) is 12.2. The first-order chi connectivity index (χ1) is 14.6. The van der Waals surface area contributed by atoms with Gasteiger partial charge in [-0.2, -0.15) is 0 Å². The van der Waals surface area contributed by atoms with Crippen LogP contribution in [0.15, 0.2) is 58.3 Å². The summed E-state index contributed by atoms with van der Waals surface area (Å²) in [5, 5.41) is 2.55. The molecule has 0 spiro atoms. The van der Waals surface area contributed by atoms with Gasteiger partial charge in [-0.3, -0.25) is 4.79 Å². The van der Waals surface area contributed by atoms with Crippen LogP contribution in [0.5, 0.6) is 5.75 Å². The molecule has 0 fully saturated rings. The van der Waals surface area contributed by atoms with Crippen molar-refractivity contribution in [3.8, 4) is 5.75 Å². The van der Waals surface area contributed by atoms with E-state index >= 15 is 0 Å². The molecule has 0 heterocycles. The minimum atomic E-state index is -3.64.